The number of amides is 1. The predicted molar refractivity (Wildman–Crippen MR) is 63.0 cm³/mol. The van der Waals surface area contributed by atoms with Gasteiger partial charge in [-0.1, -0.05) is 6.07 Å². The number of hydrogen-bond acceptors (Lipinski definition) is 3. The zero-order valence-electron chi connectivity index (χ0n) is 8.54. The van der Waals surface area contributed by atoms with Gasteiger partial charge in [-0.3, -0.25) is 4.79 Å². The fraction of sp³-hybridized carbons (Fsp3) is 0. The Labute approximate surface area is 99.9 Å². The van der Waals surface area contributed by atoms with Gasteiger partial charge in [0, 0.05) is 6.07 Å². The molecule has 1 aromatic heterocycles. The summed E-state index contributed by atoms with van der Waals surface area (Å²) in [5, 5.41) is 4.03. The Morgan fingerprint density at radius 1 is 1.35 bits per heavy atom. The van der Waals surface area contributed by atoms with E-state index >= 15 is 0 Å². The number of hydrogen-bond donors (Lipinski definition) is 2. The monoisotopic (exact) mass is 254 g/mol. The number of carbonyl (C=O) groups excluding carboxylic acids is 1. The number of halogens is 2. The molecule has 1 amide bonds. The Hall–Kier alpha value is -1.95. The molecule has 2 rings (SSSR count). The largest absolute Gasteiger partial charge is 0.397 e. The van der Waals surface area contributed by atoms with Gasteiger partial charge in [0.1, 0.15) is 11.5 Å². The highest BCUT2D eigenvalue weighted by Crippen LogP contribution is 2.24. The maximum atomic E-state index is 13.4. The van der Waals surface area contributed by atoms with Crippen LogP contribution in [-0.2, 0) is 0 Å². The second-order valence-electron chi connectivity index (χ2n) is 3.28. The van der Waals surface area contributed by atoms with Gasteiger partial charge in [0.2, 0.25) is 0 Å². The highest BCUT2D eigenvalue weighted by Gasteiger charge is 2.14. The average Bonchev–Trinajstić information content (AvgIpc) is 2.76. The van der Waals surface area contributed by atoms with E-state index in [0.717, 1.165) is 6.07 Å². The van der Waals surface area contributed by atoms with E-state index < -0.39 is 17.5 Å². The molecular formula is C11H8F2N2OS. The maximum Gasteiger partial charge on any atom is 0.265 e. The summed E-state index contributed by atoms with van der Waals surface area (Å²) in [5.74, 6) is -2.15. The molecule has 0 unspecified atom stereocenters. The zero-order chi connectivity index (χ0) is 12.4. The molecule has 0 atom stereocenters. The number of carbonyl (C=O) groups is 1. The van der Waals surface area contributed by atoms with Gasteiger partial charge in [-0.15, -0.1) is 11.3 Å². The topological polar surface area (TPSA) is 55.1 Å². The first-order valence-corrected chi connectivity index (χ1v) is 5.55. The van der Waals surface area contributed by atoms with Gasteiger partial charge in [-0.2, -0.15) is 0 Å². The lowest BCUT2D eigenvalue weighted by molar-refractivity contribution is 0.103. The molecule has 6 heteroatoms. The van der Waals surface area contributed by atoms with Crippen LogP contribution < -0.4 is 11.1 Å². The van der Waals surface area contributed by atoms with E-state index in [-0.39, 0.29) is 11.4 Å². The number of rotatable bonds is 2. The molecule has 2 aromatic rings. The minimum absolute atomic E-state index is 0.146. The molecule has 0 aliphatic carbocycles. The lowest BCUT2D eigenvalue weighted by atomic mass is 10.2. The van der Waals surface area contributed by atoms with Gasteiger partial charge in [0.25, 0.3) is 5.91 Å². The number of nitrogens with two attached hydrogens (primary N) is 1. The van der Waals surface area contributed by atoms with Crippen molar-refractivity contribution >= 4 is 28.6 Å². The molecule has 0 aliphatic rings. The molecule has 0 aliphatic heterocycles. The van der Waals surface area contributed by atoms with Crippen molar-refractivity contribution in [1.82, 2.24) is 0 Å². The number of nitrogen functional groups attached to an aromatic ring is 1. The summed E-state index contributed by atoms with van der Waals surface area (Å²) >= 11 is 1.22. The lowest BCUT2D eigenvalue weighted by Gasteiger charge is -2.08. The van der Waals surface area contributed by atoms with Crippen LogP contribution in [0, 0.1) is 11.6 Å². The molecule has 88 valence electrons. The van der Waals surface area contributed by atoms with Crippen LogP contribution in [0.5, 0.6) is 0 Å². The smallest absolute Gasteiger partial charge is 0.265 e. The number of anilines is 2. The molecule has 0 saturated carbocycles. The van der Waals surface area contributed by atoms with E-state index in [0.29, 0.717) is 10.9 Å². The predicted octanol–water partition coefficient (Wildman–Crippen LogP) is 2.86. The molecule has 3 N–H and O–H groups in total. The van der Waals surface area contributed by atoms with Crippen molar-refractivity contribution in [2.45, 2.75) is 0 Å². The van der Waals surface area contributed by atoms with Crippen LogP contribution in [0.2, 0.25) is 0 Å². The third-order valence-electron chi connectivity index (χ3n) is 2.07. The number of benzene rings is 1. The van der Waals surface area contributed by atoms with Crippen LogP contribution in [0.1, 0.15) is 9.67 Å². The Morgan fingerprint density at radius 3 is 2.71 bits per heavy atom. The molecule has 17 heavy (non-hydrogen) atoms. The molecule has 0 bridgehead atoms. The molecule has 0 radical (unpaired) electrons. The van der Waals surface area contributed by atoms with Gasteiger partial charge >= 0.3 is 0 Å². The number of nitrogens with one attached hydrogen (secondary N) is 1. The average molecular weight is 254 g/mol. The molecular weight excluding hydrogens is 246 g/mol. The van der Waals surface area contributed by atoms with Crippen molar-refractivity contribution in [3.63, 3.8) is 0 Å². The Kier molecular flexibility index (Phi) is 3.06. The van der Waals surface area contributed by atoms with E-state index in [9.17, 15) is 13.6 Å². The summed E-state index contributed by atoms with van der Waals surface area (Å²) in [6, 6.07) is 4.91. The second-order valence-corrected chi connectivity index (χ2v) is 4.23. The molecule has 0 spiro atoms. The first-order chi connectivity index (χ1) is 8.08. The Morgan fingerprint density at radius 2 is 2.12 bits per heavy atom. The van der Waals surface area contributed by atoms with Crippen molar-refractivity contribution in [3.8, 4) is 0 Å². The van der Waals surface area contributed by atoms with Crippen LogP contribution in [0.25, 0.3) is 0 Å². The van der Waals surface area contributed by atoms with Crippen LogP contribution in [-0.4, -0.2) is 5.91 Å². The van der Waals surface area contributed by atoms with Crippen molar-refractivity contribution in [2.24, 2.45) is 0 Å². The highest BCUT2D eigenvalue weighted by atomic mass is 32.1. The molecule has 0 saturated heterocycles. The van der Waals surface area contributed by atoms with E-state index in [1.54, 1.807) is 17.5 Å². The second kappa shape index (κ2) is 4.50. The molecule has 1 aromatic carbocycles. The summed E-state index contributed by atoms with van der Waals surface area (Å²) in [4.78, 5) is 12.1. The third-order valence-corrected chi connectivity index (χ3v) is 2.94. The van der Waals surface area contributed by atoms with Crippen molar-refractivity contribution < 1.29 is 13.6 Å². The van der Waals surface area contributed by atoms with E-state index in [2.05, 4.69) is 5.32 Å². The van der Waals surface area contributed by atoms with E-state index in [1.165, 1.54) is 11.3 Å². The fourth-order valence-corrected chi connectivity index (χ4v) is 1.93. The maximum absolute atomic E-state index is 13.4. The molecule has 0 fully saturated rings. The minimum atomic E-state index is -0.896. The van der Waals surface area contributed by atoms with Crippen LogP contribution in [0.15, 0.2) is 29.6 Å². The third kappa shape index (κ3) is 2.42. The lowest BCUT2D eigenvalue weighted by Crippen LogP contribution is -2.13. The van der Waals surface area contributed by atoms with E-state index in [1.807, 2.05) is 0 Å². The first kappa shape index (κ1) is 11.5. The van der Waals surface area contributed by atoms with Gasteiger partial charge in [-0.25, -0.2) is 8.78 Å². The van der Waals surface area contributed by atoms with Gasteiger partial charge in [0.15, 0.2) is 5.82 Å². The van der Waals surface area contributed by atoms with Crippen molar-refractivity contribution in [2.75, 3.05) is 11.1 Å². The Bertz CT molecular complexity index is 532. The quantitative estimate of drug-likeness (QED) is 0.810. The summed E-state index contributed by atoms with van der Waals surface area (Å²) in [6.07, 6.45) is 0. The molecule has 3 nitrogen and oxygen atoms in total. The standard InChI is InChI=1S/C11H8F2N2OS/c12-6-4-7(13)10(8(14)5-6)15-11(16)9-2-1-3-17-9/h1-5H,14H2,(H,15,16). The number of thiophene rings is 1. The minimum Gasteiger partial charge on any atom is -0.397 e. The van der Waals surface area contributed by atoms with Gasteiger partial charge < -0.3 is 11.1 Å². The van der Waals surface area contributed by atoms with E-state index in [4.69, 9.17) is 5.73 Å². The summed E-state index contributed by atoms with van der Waals surface area (Å²) in [6.45, 7) is 0. The summed E-state index contributed by atoms with van der Waals surface area (Å²) < 4.78 is 26.2. The first-order valence-electron chi connectivity index (χ1n) is 4.67. The fourth-order valence-electron chi connectivity index (χ4n) is 1.31. The van der Waals surface area contributed by atoms with Gasteiger partial charge in [0.05, 0.1) is 10.6 Å². The highest BCUT2D eigenvalue weighted by molar-refractivity contribution is 7.12. The van der Waals surface area contributed by atoms with Crippen molar-refractivity contribution in [3.05, 3.63) is 46.2 Å². The normalized spacial score (nSPS) is 10.2. The SMILES string of the molecule is Nc1cc(F)cc(F)c1NC(=O)c1cccs1. The van der Waals surface area contributed by atoms with Crippen LogP contribution in [0.4, 0.5) is 20.2 Å². The molecule has 1 heterocycles. The summed E-state index contributed by atoms with van der Waals surface area (Å²) in [7, 11) is 0. The van der Waals surface area contributed by atoms with Crippen LogP contribution in [0.3, 0.4) is 0 Å². The Balaban J connectivity index is 2.28. The van der Waals surface area contributed by atoms with Gasteiger partial charge in [-0.05, 0) is 17.5 Å². The van der Waals surface area contributed by atoms with Crippen molar-refractivity contribution in [1.29, 1.82) is 0 Å². The zero-order valence-corrected chi connectivity index (χ0v) is 9.35. The van der Waals surface area contributed by atoms with Crippen LogP contribution >= 0.6 is 11.3 Å². The summed E-state index contributed by atoms with van der Waals surface area (Å²) in [5.41, 5.74) is 5.08.